The van der Waals surface area contributed by atoms with Gasteiger partial charge in [-0.2, -0.15) is 0 Å². The number of nitrogens with zero attached hydrogens (tertiary/aromatic N) is 1. The molecule has 7 heteroatoms. The molecule has 0 fully saturated rings. The number of urea groups is 1. The van der Waals surface area contributed by atoms with Crippen LogP contribution in [-0.2, 0) is 11.2 Å². The van der Waals surface area contributed by atoms with Gasteiger partial charge >= 0.3 is 12.1 Å². The number of amides is 3. The number of hydrogen-bond donors (Lipinski definition) is 2. The number of anilines is 2. The van der Waals surface area contributed by atoms with Crippen LogP contribution in [0.1, 0.15) is 23.4 Å². The zero-order valence-electron chi connectivity index (χ0n) is 13.5. The van der Waals surface area contributed by atoms with Gasteiger partial charge in [0.05, 0.1) is 13.2 Å². The number of carbonyl (C=O) groups is 2. The van der Waals surface area contributed by atoms with E-state index < -0.39 is 6.09 Å². The van der Waals surface area contributed by atoms with Crippen molar-refractivity contribution in [1.29, 1.82) is 0 Å². The van der Waals surface area contributed by atoms with Gasteiger partial charge < -0.3 is 15.0 Å². The first-order chi connectivity index (χ1) is 11.6. The maximum absolute atomic E-state index is 12.5. The lowest BCUT2D eigenvalue weighted by Gasteiger charge is -2.33. The first-order valence-electron chi connectivity index (χ1n) is 7.67. The lowest BCUT2D eigenvalue weighted by Crippen LogP contribution is -2.40. The summed E-state index contributed by atoms with van der Waals surface area (Å²) in [7, 11) is 1.31. The zero-order valence-corrected chi connectivity index (χ0v) is 14.4. The summed E-state index contributed by atoms with van der Waals surface area (Å²) in [5, 5.41) is 7.55. The van der Waals surface area contributed by atoms with Gasteiger partial charge in [0, 0.05) is 22.8 Å². The number of benzene rings is 1. The van der Waals surface area contributed by atoms with Crippen LogP contribution in [0.4, 0.5) is 21.0 Å². The molecule has 6 nitrogen and oxygen atoms in total. The van der Waals surface area contributed by atoms with E-state index in [1.807, 2.05) is 11.8 Å². The van der Waals surface area contributed by atoms with Crippen LogP contribution in [0.3, 0.4) is 0 Å². The highest BCUT2D eigenvalue weighted by Crippen LogP contribution is 2.33. The van der Waals surface area contributed by atoms with Crippen LogP contribution in [0.25, 0.3) is 0 Å². The molecule has 2 aromatic rings. The SMILES string of the molecule is COC(=O)Nc1ccc(NC(=O)N2CCc3sccc3C2C)cc1. The van der Waals surface area contributed by atoms with Crippen molar-refractivity contribution in [2.75, 3.05) is 24.3 Å². The molecule has 126 valence electrons. The Labute approximate surface area is 144 Å². The summed E-state index contributed by atoms with van der Waals surface area (Å²) >= 11 is 1.75. The molecule has 0 radical (unpaired) electrons. The normalized spacial score (nSPS) is 16.2. The van der Waals surface area contributed by atoms with Crippen molar-refractivity contribution in [3.63, 3.8) is 0 Å². The Hall–Kier alpha value is -2.54. The van der Waals surface area contributed by atoms with Crippen molar-refractivity contribution < 1.29 is 14.3 Å². The van der Waals surface area contributed by atoms with Gasteiger partial charge in [0.1, 0.15) is 0 Å². The number of methoxy groups -OCH3 is 1. The molecule has 1 aliphatic rings. The number of ether oxygens (including phenoxy) is 1. The standard InChI is InChI=1S/C17H19N3O3S/c1-11-14-8-10-24-15(14)7-9-20(11)16(21)18-12-3-5-13(6-4-12)19-17(22)23-2/h3-6,8,10-11H,7,9H2,1-2H3,(H,18,21)(H,19,22). The Morgan fingerprint density at radius 3 is 2.50 bits per heavy atom. The minimum atomic E-state index is -0.527. The molecular formula is C17H19N3O3S. The van der Waals surface area contributed by atoms with Gasteiger partial charge in [-0.25, -0.2) is 9.59 Å². The third-order valence-corrected chi connectivity index (χ3v) is 5.10. The number of hydrogen-bond acceptors (Lipinski definition) is 4. The topological polar surface area (TPSA) is 70.7 Å². The molecule has 1 unspecified atom stereocenters. The highest BCUT2D eigenvalue weighted by atomic mass is 32.1. The van der Waals surface area contributed by atoms with Gasteiger partial charge in [-0.05, 0) is 54.6 Å². The molecule has 0 aliphatic carbocycles. The lowest BCUT2D eigenvalue weighted by atomic mass is 10.0. The predicted molar refractivity (Wildman–Crippen MR) is 94.6 cm³/mol. The molecule has 0 saturated heterocycles. The summed E-state index contributed by atoms with van der Waals surface area (Å²) in [5.74, 6) is 0. The number of thiophene rings is 1. The van der Waals surface area contributed by atoms with E-state index >= 15 is 0 Å². The number of nitrogens with one attached hydrogen (secondary N) is 2. The van der Waals surface area contributed by atoms with Gasteiger partial charge in [-0.15, -0.1) is 11.3 Å². The van der Waals surface area contributed by atoms with Crippen molar-refractivity contribution in [2.45, 2.75) is 19.4 Å². The van der Waals surface area contributed by atoms with Crippen LogP contribution in [0.2, 0.25) is 0 Å². The Morgan fingerprint density at radius 2 is 1.83 bits per heavy atom. The first kappa shape index (κ1) is 16.3. The fourth-order valence-electron chi connectivity index (χ4n) is 2.79. The smallest absolute Gasteiger partial charge is 0.411 e. The Bertz CT molecular complexity index is 742. The Morgan fingerprint density at radius 1 is 1.17 bits per heavy atom. The third kappa shape index (κ3) is 3.35. The van der Waals surface area contributed by atoms with E-state index in [2.05, 4.69) is 26.8 Å². The summed E-state index contributed by atoms with van der Waals surface area (Å²) < 4.78 is 4.54. The average Bonchev–Trinajstić information content (AvgIpc) is 3.06. The van der Waals surface area contributed by atoms with E-state index in [1.54, 1.807) is 35.6 Å². The monoisotopic (exact) mass is 345 g/mol. The molecule has 1 aromatic heterocycles. The summed E-state index contributed by atoms with van der Waals surface area (Å²) in [6.07, 6.45) is 0.368. The van der Waals surface area contributed by atoms with Gasteiger partial charge in [0.25, 0.3) is 0 Å². The van der Waals surface area contributed by atoms with E-state index in [0.29, 0.717) is 17.9 Å². The Kier molecular flexibility index (Phi) is 4.71. The largest absolute Gasteiger partial charge is 0.453 e. The second-order valence-electron chi connectivity index (χ2n) is 5.54. The minimum Gasteiger partial charge on any atom is -0.453 e. The molecule has 0 saturated carbocycles. The van der Waals surface area contributed by atoms with Crippen molar-refractivity contribution >= 4 is 34.8 Å². The number of fused-ring (bicyclic) bond motifs is 1. The maximum Gasteiger partial charge on any atom is 0.411 e. The molecule has 3 amide bonds. The van der Waals surface area contributed by atoms with Crippen LogP contribution >= 0.6 is 11.3 Å². The molecule has 1 aromatic carbocycles. The molecular weight excluding hydrogens is 326 g/mol. The molecule has 0 bridgehead atoms. The summed E-state index contributed by atoms with van der Waals surface area (Å²) in [5.41, 5.74) is 2.52. The van der Waals surface area contributed by atoms with E-state index in [-0.39, 0.29) is 12.1 Å². The first-order valence-corrected chi connectivity index (χ1v) is 8.55. The Balaban J connectivity index is 1.64. The number of rotatable bonds is 2. The van der Waals surface area contributed by atoms with Gasteiger partial charge in [0.15, 0.2) is 0 Å². The van der Waals surface area contributed by atoms with Crippen molar-refractivity contribution in [3.05, 3.63) is 46.2 Å². The van der Waals surface area contributed by atoms with Gasteiger partial charge in [-0.3, -0.25) is 5.32 Å². The lowest BCUT2D eigenvalue weighted by molar-refractivity contribution is 0.186. The molecule has 2 heterocycles. The zero-order chi connectivity index (χ0) is 17.1. The molecule has 24 heavy (non-hydrogen) atoms. The summed E-state index contributed by atoms with van der Waals surface area (Å²) in [4.78, 5) is 26.9. The fraction of sp³-hybridized carbons (Fsp3) is 0.294. The minimum absolute atomic E-state index is 0.0697. The molecule has 3 rings (SSSR count). The predicted octanol–water partition coefficient (Wildman–Crippen LogP) is 4.08. The highest BCUT2D eigenvalue weighted by molar-refractivity contribution is 7.10. The van der Waals surface area contributed by atoms with E-state index in [0.717, 1.165) is 6.42 Å². The van der Waals surface area contributed by atoms with Crippen LogP contribution < -0.4 is 10.6 Å². The van der Waals surface area contributed by atoms with E-state index in [1.165, 1.54) is 17.6 Å². The second-order valence-corrected chi connectivity index (χ2v) is 6.54. The maximum atomic E-state index is 12.5. The van der Waals surface area contributed by atoms with Crippen LogP contribution in [-0.4, -0.2) is 30.7 Å². The second kappa shape index (κ2) is 6.92. The molecule has 1 atom stereocenters. The van der Waals surface area contributed by atoms with Crippen LogP contribution in [0.5, 0.6) is 0 Å². The average molecular weight is 345 g/mol. The van der Waals surface area contributed by atoms with Crippen molar-refractivity contribution in [2.24, 2.45) is 0 Å². The molecule has 1 aliphatic heterocycles. The van der Waals surface area contributed by atoms with Crippen molar-refractivity contribution in [3.8, 4) is 0 Å². The summed E-state index contributed by atoms with van der Waals surface area (Å²) in [6, 6.07) is 8.96. The van der Waals surface area contributed by atoms with E-state index in [9.17, 15) is 9.59 Å². The van der Waals surface area contributed by atoms with Crippen molar-refractivity contribution in [1.82, 2.24) is 4.90 Å². The quantitative estimate of drug-likeness (QED) is 0.861. The highest BCUT2D eigenvalue weighted by Gasteiger charge is 2.28. The number of carbonyl (C=O) groups excluding carboxylic acids is 2. The van der Waals surface area contributed by atoms with Gasteiger partial charge in [-0.1, -0.05) is 0 Å². The van der Waals surface area contributed by atoms with Crippen LogP contribution in [0.15, 0.2) is 35.7 Å². The van der Waals surface area contributed by atoms with E-state index in [4.69, 9.17) is 0 Å². The third-order valence-electron chi connectivity index (χ3n) is 4.11. The molecule has 0 spiro atoms. The van der Waals surface area contributed by atoms with Gasteiger partial charge in [0.2, 0.25) is 0 Å². The van der Waals surface area contributed by atoms with Crippen LogP contribution in [0, 0.1) is 0 Å². The molecule has 2 N–H and O–H groups in total. The fourth-order valence-corrected chi connectivity index (χ4v) is 3.75. The summed E-state index contributed by atoms with van der Waals surface area (Å²) in [6.45, 7) is 2.76.